The molecule has 0 bridgehead atoms. The number of hydrogen-bond donors (Lipinski definition) is 1. The maximum atomic E-state index is 11.7. The summed E-state index contributed by atoms with van der Waals surface area (Å²) in [5.41, 5.74) is 0.968. The second-order valence-electron chi connectivity index (χ2n) is 4.16. The van der Waals surface area contributed by atoms with Crippen molar-refractivity contribution in [2.24, 2.45) is 5.92 Å². The lowest BCUT2D eigenvalue weighted by atomic mass is 10.0. The van der Waals surface area contributed by atoms with Crippen LogP contribution in [-0.4, -0.2) is 11.9 Å². The highest BCUT2D eigenvalue weighted by Crippen LogP contribution is 2.10. The van der Waals surface area contributed by atoms with Gasteiger partial charge in [0.25, 0.3) is 0 Å². The van der Waals surface area contributed by atoms with E-state index in [2.05, 4.69) is 10.2 Å². The van der Waals surface area contributed by atoms with Gasteiger partial charge in [-0.2, -0.15) is 0 Å². The molecule has 0 aromatic heterocycles. The molecule has 1 N–H and O–H groups in total. The van der Waals surface area contributed by atoms with Gasteiger partial charge >= 0.3 is 11.9 Å². The third-order valence-electron chi connectivity index (χ3n) is 2.42. The molecule has 4 heteroatoms. The van der Waals surface area contributed by atoms with Crippen LogP contribution in [0.5, 0.6) is 0 Å². The van der Waals surface area contributed by atoms with Gasteiger partial charge in [0.15, 0.2) is 0 Å². The molecule has 0 radical (unpaired) electrons. The van der Waals surface area contributed by atoms with Crippen LogP contribution in [0.25, 0.3) is 4.85 Å². The Hall–Kier alpha value is -1.53. The Morgan fingerprint density at radius 3 is 2.47 bits per heavy atom. The van der Waals surface area contributed by atoms with Crippen molar-refractivity contribution in [2.75, 3.05) is 0 Å². The van der Waals surface area contributed by atoms with Gasteiger partial charge < -0.3 is 10.2 Å². The molecule has 1 atom stereocenters. The van der Waals surface area contributed by atoms with Crippen LogP contribution < -0.4 is 5.32 Å². The first-order valence-corrected chi connectivity index (χ1v) is 5.81. The SMILES string of the molecule is [C-]#[N+]C(C(=O)NCc1ccc(Cl)cc1)C(C)C. The van der Waals surface area contributed by atoms with E-state index in [1.807, 2.05) is 26.0 Å². The van der Waals surface area contributed by atoms with Gasteiger partial charge in [-0.15, -0.1) is 0 Å². The lowest BCUT2D eigenvalue weighted by Gasteiger charge is -2.09. The van der Waals surface area contributed by atoms with Crippen LogP contribution >= 0.6 is 11.6 Å². The Labute approximate surface area is 107 Å². The number of nitrogens with one attached hydrogen (secondary N) is 1. The highest BCUT2D eigenvalue weighted by molar-refractivity contribution is 6.30. The van der Waals surface area contributed by atoms with E-state index in [0.29, 0.717) is 11.6 Å². The smallest absolute Gasteiger partial charge is 0.303 e. The fourth-order valence-corrected chi connectivity index (χ4v) is 1.53. The Morgan fingerprint density at radius 1 is 1.41 bits per heavy atom. The quantitative estimate of drug-likeness (QED) is 0.819. The largest absolute Gasteiger partial charge is 0.345 e. The second-order valence-corrected chi connectivity index (χ2v) is 4.60. The summed E-state index contributed by atoms with van der Waals surface area (Å²) in [7, 11) is 0. The van der Waals surface area contributed by atoms with Crippen LogP contribution in [0.1, 0.15) is 19.4 Å². The number of nitrogens with zero attached hydrogens (tertiary/aromatic N) is 1. The van der Waals surface area contributed by atoms with Crippen LogP contribution in [0.15, 0.2) is 24.3 Å². The standard InChI is InChI=1S/C13H15ClN2O/c1-9(2)12(15-3)13(17)16-8-10-4-6-11(14)7-5-10/h4-7,9,12H,8H2,1-2H3,(H,16,17). The molecule has 0 aliphatic heterocycles. The third-order valence-corrected chi connectivity index (χ3v) is 2.67. The minimum atomic E-state index is -0.609. The van der Waals surface area contributed by atoms with E-state index in [9.17, 15) is 4.79 Å². The molecule has 0 saturated carbocycles. The van der Waals surface area contributed by atoms with E-state index in [0.717, 1.165) is 5.56 Å². The number of carbonyl (C=O) groups is 1. The van der Waals surface area contributed by atoms with Crippen molar-refractivity contribution in [3.63, 3.8) is 0 Å². The number of benzene rings is 1. The van der Waals surface area contributed by atoms with E-state index in [1.54, 1.807) is 12.1 Å². The Balaban J connectivity index is 2.54. The molecular formula is C13H15ClN2O. The molecule has 0 spiro atoms. The van der Waals surface area contributed by atoms with E-state index in [1.165, 1.54) is 0 Å². The molecule has 1 unspecified atom stereocenters. The van der Waals surface area contributed by atoms with E-state index < -0.39 is 6.04 Å². The topological polar surface area (TPSA) is 33.5 Å². The summed E-state index contributed by atoms with van der Waals surface area (Å²) in [5, 5.41) is 3.42. The van der Waals surface area contributed by atoms with Crippen molar-refractivity contribution in [3.8, 4) is 0 Å². The zero-order valence-electron chi connectivity index (χ0n) is 9.90. The van der Waals surface area contributed by atoms with Crippen molar-refractivity contribution in [3.05, 3.63) is 46.3 Å². The average molecular weight is 251 g/mol. The van der Waals surface area contributed by atoms with Gasteiger partial charge in [-0.05, 0) is 17.7 Å². The molecule has 0 aliphatic rings. The molecule has 0 saturated heterocycles. The molecule has 3 nitrogen and oxygen atoms in total. The highest BCUT2D eigenvalue weighted by Gasteiger charge is 2.26. The predicted octanol–water partition coefficient (Wildman–Crippen LogP) is 2.90. The van der Waals surface area contributed by atoms with Crippen LogP contribution in [-0.2, 0) is 11.3 Å². The van der Waals surface area contributed by atoms with E-state index >= 15 is 0 Å². The molecule has 1 aromatic rings. The monoisotopic (exact) mass is 250 g/mol. The lowest BCUT2D eigenvalue weighted by molar-refractivity contribution is -0.122. The van der Waals surface area contributed by atoms with Crippen molar-refractivity contribution in [1.82, 2.24) is 5.32 Å². The van der Waals surface area contributed by atoms with Crippen molar-refractivity contribution in [1.29, 1.82) is 0 Å². The molecule has 0 aliphatic carbocycles. The summed E-state index contributed by atoms with van der Waals surface area (Å²) in [6.07, 6.45) is 0. The number of hydrogen-bond acceptors (Lipinski definition) is 1. The van der Waals surface area contributed by atoms with E-state index in [-0.39, 0.29) is 11.8 Å². The van der Waals surface area contributed by atoms with Crippen molar-refractivity contribution < 1.29 is 4.79 Å². The summed E-state index contributed by atoms with van der Waals surface area (Å²) < 4.78 is 0. The van der Waals surface area contributed by atoms with Gasteiger partial charge in [-0.1, -0.05) is 37.6 Å². The van der Waals surface area contributed by atoms with Gasteiger partial charge in [0, 0.05) is 17.5 Å². The molecule has 1 amide bonds. The number of carbonyl (C=O) groups excluding carboxylic acids is 1. The zero-order valence-corrected chi connectivity index (χ0v) is 10.7. The number of rotatable bonds is 4. The summed E-state index contributed by atoms with van der Waals surface area (Å²) >= 11 is 5.76. The van der Waals surface area contributed by atoms with Gasteiger partial charge in [0.05, 0.1) is 0 Å². The third kappa shape index (κ3) is 4.08. The van der Waals surface area contributed by atoms with Gasteiger partial charge in [0.2, 0.25) is 0 Å². The second kappa shape index (κ2) is 6.27. The maximum absolute atomic E-state index is 11.7. The Kier molecular flexibility index (Phi) is 4.99. The van der Waals surface area contributed by atoms with Crippen LogP contribution in [0, 0.1) is 12.5 Å². The van der Waals surface area contributed by atoms with Crippen LogP contribution in [0.4, 0.5) is 0 Å². The van der Waals surface area contributed by atoms with E-state index in [4.69, 9.17) is 18.2 Å². The highest BCUT2D eigenvalue weighted by atomic mass is 35.5. The lowest BCUT2D eigenvalue weighted by Crippen LogP contribution is -2.35. The minimum absolute atomic E-state index is 0.0257. The van der Waals surface area contributed by atoms with Crippen LogP contribution in [0.3, 0.4) is 0 Å². The van der Waals surface area contributed by atoms with Gasteiger partial charge in [-0.25, -0.2) is 6.57 Å². The summed E-state index contributed by atoms with van der Waals surface area (Å²) in [6, 6.07) is 6.65. The molecule has 1 aromatic carbocycles. The zero-order chi connectivity index (χ0) is 12.8. The summed E-state index contributed by atoms with van der Waals surface area (Å²) in [4.78, 5) is 15.0. The fourth-order valence-electron chi connectivity index (χ4n) is 1.41. The first-order valence-electron chi connectivity index (χ1n) is 5.43. The van der Waals surface area contributed by atoms with Crippen molar-refractivity contribution in [2.45, 2.75) is 26.4 Å². The molecule has 90 valence electrons. The predicted molar refractivity (Wildman–Crippen MR) is 68.5 cm³/mol. The molecule has 1 rings (SSSR count). The first-order chi connectivity index (χ1) is 8.04. The normalized spacial score (nSPS) is 11.9. The maximum Gasteiger partial charge on any atom is 0.303 e. The molecule has 0 fully saturated rings. The van der Waals surface area contributed by atoms with Crippen molar-refractivity contribution >= 4 is 17.5 Å². The Morgan fingerprint density at radius 2 is 2.00 bits per heavy atom. The first kappa shape index (κ1) is 13.5. The Bertz CT molecular complexity index is 420. The number of halogens is 1. The summed E-state index contributed by atoms with van der Waals surface area (Å²) in [5.74, 6) is -0.192. The number of amides is 1. The molecule has 17 heavy (non-hydrogen) atoms. The minimum Gasteiger partial charge on any atom is -0.345 e. The van der Waals surface area contributed by atoms with Gasteiger partial charge in [-0.3, -0.25) is 4.79 Å². The average Bonchev–Trinajstić information content (AvgIpc) is 2.28. The van der Waals surface area contributed by atoms with Gasteiger partial charge in [0.1, 0.15) is 0 Å². The van der Waals surface area contributed by atoms with Crippen LogP contribution in [0.2, 0.25) is 5.02 Å². The molecular weight excluding hydrogens is 236 g/mol. The summed E-state index contributed by atoms with van der Waals surface area (Å²) in [6.45, 7) is 11.1. The fraction of sp³-hybridized carbons (Fsp3) is 0.385. The molecule has 0 heterocycles.